The van der Waals surface area contributed by atoms with Crippen molar-refractivity contribution in [3.05, 3.63) is 35.4 Å². The molecule has 17 heavy (non-hydrogen) atoms. The average molecular weight is 249 g/mol. The Morgan fingerprint density at radius 3 is 2.76 bits per heavy atom. The zero-order valence-corrected chi connectivity index (χ0v) is 10.6. The molecule has 0 bridgehead atoms. The molecule has 0 saturated carbocycles. The summed E-state index contributed by atoms with van der Waals surface area (Å²) in [5.74, 6) is 0.0277. The van der Waals surface area contributed by atoms with E-state index in [0.29, 0.717) is 6.42 Å². The molecule has 1 aliphatic rings. The van der Waals surface area contributed by atoms with Gasteiger partial charge in [-0.05, 0) is 24.8 Å². The predicted molar refractivity (Wildman–Crippen MR) is 66.3 cm³/mol. The molecular weight excluding hydrogens is 234 g/mol. The second kappa shape index (κ2) is 4.50. The van der Waals surface area contributed by atoms with Gasteiger partial charge < -0.3 is 0 Å². The predicted octanol–water partition coefficient (Wildman–Crippen LogP) is 2.04. The molecule has 1 heterocycles. The summed E-state index contributed by atoms with van der Waals surface area (Å²) in [6.45, 7) is 1.98. The molecule has 0 spiro atoms. The first-order valence-electron chi connectivity index (χ1n) is 5.68. The van der Waals surface area contributed by atoms with Crippen LogP contribution in [0, 0.1) is 24.2 Å². The van der Waals surface area contributed by atoms with Crippen LogP contribution in [-0.2, 0) is 9.84 Å². The van der Waals surface area contributed by atoms with Gasteiger partial charge in [0.15, 0.2) is 9.84 Å². The molecule has 3 nitrogen and oxygen atoms in total. The lowest BCUT2D eigenvalue weighted by atomic mass is 9.86. The van der Waals surface area contributed by atoms with Gasteiger partial charge in [-0.15, -0.1) is 0 Å². The van der Waals surface area contributed by atoms with Gasteiger partial charge in [0, 0.05) is 0 Å². The van der Waals surface area contributed by atoms with Crippen LogP contribution in [0.25, 0.3) is 0 Å². The molecule has 1 aromatic carbocycles. The fourth-order valence-electron chi connectivity index (χ4n) is 2.40. The molecule has 2 atom stereocenters. The number of nitriles is 1. The minimum atomic E-state index is -2.92. The smallest absolute Gasteiger partial charge is 0.150 e. The highest BCUT2D eigenvalue weighted by molar-refractivity contribution is 7.91. The Labute approximate surface area is 102 Å². The molecule has 1 aromatic rings. The van der Waals surface area contributed by atoms with Crippen LogP contribution < -0.4 is 0 Å². The number of sulfone groups is 1. The second-order valence-corrected chi connectivity index (χ2v) is 6.91. The van der Waals surface area contributed by atoms with E-state index < -0.39 is 9.84 Å². The van der Waals surface area contributed by atoms with Crippen LogP contribution in [0.15, 0.2) is 24.3 Å². The third-order valence-corrected chi connectivity index (χ3v) is 5.07. The molecule has 2 rings (SSSR count). The van der Waals surface area contributed by atoms with Crippen LogP contribution in [0.2, 0.25) is 0 Å². The molecule has 1 fully saturated rings. The van der Waals surface area contributed by atoms with E-state index in [-0.39, 0.29) is 23.3 Å². The van der Waals surface area contributed by atoms with Gasteiger partial charge in [-0.1, -0.05) is 29.8 Å². The van der Waals surface area contributed by atoms with Gasteiger partial charge in [0.2, 0.25) is 0 Å². The Balaban J connectivity index is 2.27. The van der Waals surface area contributed by atoms with Crippen molar-refractivity contribution in [1.29, 1.82) is 5.26 Å². The van der Waals surface area contributed by atoms with Crippen molar-refractivity contribution in [3.63, 3.8) is 0 Å². The SMILES string of the molecule is Cc1cccc(C(C#N)C2CCS(=O)(=O)C2)c1. The van der Waals surface area contributed by atoms with E-state index >= 15 is 0 Å². The molecule has 1 aliphatic heterocycles. The highest BCUT2D eigenvalue weighted by atomic mass is 32.2. The van der Waals surface area contributed by atoms with Gasteiger partial charge in [-0.3, -0.25) is 0 Å². The first-order chi connectivity index (χ1) is 8.02. The van der Waals surface area contributed by atoms with Crippen molar-refractivity contribution < 1.29 is 8.42 Å². The van der Waals surface area contributed by atoms with Crippen molar-refractivity contribution in [2.45, 2.75) is 19.3 Å². The van der Waals surface area contributed by atoms with E-state index in [9.17, 15) is 13.7 Å². The summed E-state index contributed by atoms with van der Waals surface area (Å²) in [6, 6.07) is 10.0. The monoisotopic (exact) mass is 249 g/mol. The molecule has 90 valence electrons. The minimum absolute atomic E-state index is 0.0493. The van der Waals surface area contributed by atoms with E-state index in [2.05, 4.69) is 6.07 Å². The number of hydrogen-bond donors (Lipinski definition) is 0. The summed E-state index contributed by atoms with van der Waals surface area (Å²) < 4.78 is 22.9. The molecular formula is C13H15NO2S. The van der Waals surface area contributed by atoms with Gasteiger partial charge in [0.1, 0.15) is 0 Å². The Hall–Kier alpha value is -1.34. The standard InChI is InChI=1S/C13H15NO2S/c1-10-3-2-4-11(7-10)13(8-14)12-5-6-17(15,16)9-12/h2-4,7,12-13H,5-6,9H2,1H3. The Bertz CT molecular complexity index is 557. The molecule has 0 aliphatic carbocycles. The number of hydrogen-bond acceptors (Lipinski definition) is 3. The van der Waals surface area contributed by atoms with Gasteiger partial charge in [0.05, 0.1) is 23.5 Å². The van der Waals surface area contributed by atoms with Crippen molar-refractivity contribution >= 4 is 9.84 Å². The lowest BCUT2D eigenvalue weighted by molar-refractivity contribution is 0.541. The number of rotatable bonds is 2. The largest absolute Gasteiger partial charge is 0.229 e. The highest BCUT2D eigenvalue weighted by Gasteiger charge is 2.34. The number of aryl methyl sites for hydroxylation is 1. The first kappa shape index (κ1) is 12.1. The van der Waals surface area contributed by atoms with Gasteiger partial charge >= 0.3 is 0 Å². The average Bonchev–Trinajstić information content (AvgIpc) is 2.60. The quantitative estimate of drug-likeness (QED) is 0.806. The minimum Gasteiger partial charge on any atom is -0.229 e. The highest BCUT2D eigenvalue weighted by Crippen LogP contribution is 2.33. The Morgan fingerprint density at radius 1 is 1.47 bits per heavy atom. The maximum atomic E-state index is 11.5. The Kier molecular flexibility index (Phi) is 3.21. The summed E-state index contributed by atoms with van der Waals surface area (Å²) >= 11 is 0. The molecule has 2 unspecified atom stereocenters. The molecule has 4 heteroatoms. The number of nitrogens with zero attached hydrogens (tertiary/aromatic N) is 1. The van der Waals surface area contributed by atoms with Crippen LogP contribution >= 0.6 is 0 Å². The van der Waals surface area contributed by atoms with Crippen molar-refractivity contribution in [3.8, 4) is 6.07 Å². The van der Waals surface area contributed by atoms with Crippen molar-refractivity contribution in [1.82, 2.24) is 0 Å². The molecule has 0 amide bonds. The van der Waals surface area contributed by atoms with E-state index in [1.165, 1.54) is 0 Å². The van der Waals surface area contributed by atoms with E-state index in [1.807, 2.05) is 31.2 Å². The van der Waals surface area contributed by atoms with Crippen molar-refractivity contribution in [2.75, 3.05) is 11.5 Å². The fourth-order valence-corrected chi connectivity index (χ4v) is 4.24. The molecule has 0 radical (unpaired) electrons. The van der Waals surface area contributed by atoms with Crippen LogP contribution in [0.3, 0.4) is 0 Å². The van der Waals surface area contributed by atoms with Crippen LogP contribution in [0.1, 0.15) is 23.5 Å². The first-order valence-corrected chi connectivity index (χ1v) is 7.50. The summed E-state index contributed by atoms with van der Waals surface area (Å²) in [5.41, 5.74) is 2.04. The third kappa shape index (κ3) is 2.67. The van der Waals surface area contributed by atoms with E-state index in [0.717, 1.165) is 11.1 Å². The maximum Gasteiger partial charge on any atom is 0.150 e. The maximum absolute atomic E-state index is 11.5. The summed E-state index contributed by atoms with van der Waals surface area (Å²) in [4.78, 5) is 0. The topological polar surface area (TPSA) is 57.9 Å². The van der Waals surface area contributed by atoms with E-state index in [1.54, 1.807) is 0 Å². The summed E-state index contributed by atoms with van der Waals surface area (Å²) in [6.07, 6.45) is 0.606. The van der Waals surface area contributed by atoms with Gasteiger partial charge in [-0.2, -0.15) is 5.26 Å². The van der Waals surface area contributed by atoms with E-state index in [4.69, 9.17) is 0 Å². The summed E-state index contributed by atoms with van der Waals surface area (Å²) in [7, 11) is -2.92. The fraction of sp³-hybridized carbons (Fsp3) is 0.462. The van der Waals surface area contributed by atoms with Crippen LogP contribution in [0.4, 0.5) is 0 Å². The molecule has 1 saturated heterocycles. The van der Waals surface area contributed by atoms with Crippen LogP contribution in [-0.4, -0.2) is 19.9 Å². The third-order valence-electron chi connectivity index (χ3n) is 3.28. The molecule has 0 aromatic heterocycles. The summed E-state index contributed by atoms with van der Waals surface area (Å²) in [5, 5.41) is 9.26. The zero-order chi connectivity index (χ0) is 12.5. The van der Waals surface area contributed by atoms with Crippen LogP contribution in [0.5, 0.6) is 0 Å². The van der Waals surface area contributed by atoms with Crippen molar-refractivity contribution in [2.24, 2.45) is 5.92 Å². The second-order valence-electron chi connectivity index (χ2n) is 4.68. The lowest BCUT2D eigenvalue weighted by Gasteiger charge is -2.15. The number of benzene rings is 1. The van der Waals surface area contributed by atoms with Gasteiger partial charge in [-0.25, -0.2) is 8.42 Å². The normalized spacial score (nSPS) is 24.1. The zero-order valence-electron chi connectivity index (χ0n) is 9.76. The molecule has 0 N–H and O–H groups in total. The Morgan fingerprint density at radius 2 is 2.24 bits per heavy atom. The lowest BCUT2D eigenvalue weighted by Crippen LogP contribution is -2.13. The van der Waals surface area contributed by atoms with Gasteiger partial charge in [0.25, 0.3) is 0 Å².